The summed E-state index contributed by atoms with van der Waals surface area (Å²) in [7, 11) is 0. The number of hydrogen-bond donors (Lipinski definition) is 0. The molecule has 0 saturated heterocycles. The number of allylic oxidation sites excluding steroid dienone is 2. The number of fused-ring (bicyclic) bond motifs is 4. The highest BCUT2D eigenvalue weighted by Crippen LogP contribution is 2.52. The first kappa shape index (κ1) is 29.2. The van der Waals surface area contributed by atoms with E-state index in [4.69, 9.17) is 0 Å². The molecule has 226 valence electrons. The van der Waals surface area contributed by atoms with Crippen molar-refractivity contribution in [3.8, 4) is 22.3 Å². The molecule has 9 rings (SSSR count). The average molecular weight is 676 g/mol. The van der Waals surface area contributed by atoms with E-state index in [1.807, 2.05) is 47.0 Å². The van der Waals surface area contributed by atoms with Crippen molar-refractivity contribution in [2.45, 2.75) is 39.9 Å². The molecular weight excluding hydrogens is 647 g/mol. The third-order valence-corrected chi connectivity index (χ3v) is 14.3. The van der Waals surface area contributed by atoms with Crippen LogP contribution in [-0.2, 0) is 0 Å². The number of thioether (sulfide) groups is 2. The highest BCUT2D eigenvalue weighted by atomic mass is 32.2. The van der Waals surface area contributed by atoms with Gasteiger partial charge in [0.1, 0.15) is 0 Å². The zero-order chi connectivity index (χ0) is 31.2. The van der Waals surface area contributed by atoms with Crippen molar-refractivity contribution in [1.82, 2.24) is 0 Å². The van der Waals surface area contributed by atoms with Crippen LogP contribution in [0.2, 0.25) is 0 Å². The summed E-state index contributed by atoms with van der Waals surface area (Å²) in [6.45, 7) is 0. The summed E-state index contributed by atoms with van der Waals surface area (Å²) in [5.74, 6) is 0. The number of benzene rings is 6. The molecule has 2 aliphatic heterocycles. The van der Waals surface area contributed by atoms with Crippen LogP contribution < -0.4 is 4.90 Å². The molecule has 2 atom stereocenters. The first-order valence-corrected chi connectivity index (χ1v) is 19.1. The van der Waals surface area contributed by atoms with Crippen LogP contribution in [-0.4, -0.2) is 10.5 Å². The quantitative estimate of drug-likeness (QED) is 0.178. The molecule has 6 aromatic rings. The van der Waals surface area contributed by atoms with Gasteiger partial charge in [0.25, 0.3) is 0 Å². The second kappa shape index (κ2) is 12.6. The molecule has 6 aromatic carbocycles. The fourth-order valence-electron chi connectivity index (χ4n) is 6.40. The maximum atomic E-state index is 2.35. The van der Waals surface area contributed by atoms with E-state index in [0.717, 1.165) is 17.1 Å². The van der Waals surface area contributed by atoms with Gasteiger partial charge in [-0.1, -0.05) is 127 Å². The summed E-state index contributed by atoms with van der Waals surface area (Å²) in [4.78, 5) is 10.4. The Morgan fingerprint density at radius 2 is 0.894 bits per heavy atom. The van der Waals surface area contributed by atoms with Crippen LogP contribution in [0.4, 0.5) is 17.1 Å². The fraction of sp³-hybridized carbons (Fsp3) is 0.0476. The molecule has 0 radical (unpaired) electrons. The summed E-state index contributed by atoms with van der Waals surface area (Å²) in [5.41, 5.74) is 8.50. The average Bonchev–Trinajstić information content (AvgIpc) is 3.14. The van der Waals surface area contributed by atoms with Gasteiger partial charge in [0.2, 0.25) is 0 Å². The monoisotopic (exact) mass is 675 g/mol. The predicted molar refractivity (Wildman–Crippen MR) is 204 cm³/mol. The highest BCUT2D eigenvalue weighted by molar-refractivity contribution is 8.07. The maximum Gasteiger partial charge on any atom is 0.0462 e. The molecule has 5 heteroatoms. The van der Waals surface area contributed by atoms with Gasteiger partial charge >= 0.3 is 0 Å². The van der Waals surface area contributed by atoms with Gasteiger partial charge in [-0.2, -0.15) is 0 Å². The Morgan fingerprint density at radius 3 is 1.55 bits per heavy atom. The zero-order valence-electron chi connectivity index (χ0n) is 25.3. The van der Waals surface area contributed by atoms with Gasteiger partial charge < -0.3 is 4.90 Å². The minimum absolute atomic E-state index is 0.476. The Balaban J connectivity index is 1.04. The van der Waals surface area contributed by atoms with Crippen LogP contribution in [0.1, 0.15) is 0 Å². The zero-order valence-corrected chi connectivity index (χ0v) is 28.6. The molecular formula is C42H29NS4. The number of rotatable bonds is 5. The van der Waals surface area contributed by atoms with Gasteiger partial charge in [-0.3, -0.25) is 0 Å². The first-order valence-electron chi connectivity index (χ1n) is 15.7. The lowest BCUT2D eigenvalue weighted by Crippen LogP contribution is -2.20. The van der Waals surface area contributed by atoms with E-state index in [0.29, 0.717) is 10.5 Å². The van der Waals surface area contributed by atoms with E-state index in [1.54, 1.807) is 0 Å². The third-order valence-electron chi connectivity index (χ3n) is 8.68. The summed E-state index contributed by atoms with van der Waals surface area (Å²) < 4.78 is 0. The standard InChI is InChI=1S/C42H29NS4/c1-2-10-30(11-3-1)43(31-24-20-28(21-25-31)33-12-8-18-39-41(33)46-37-16-6-4-14-35(37)44-39)32-26-22-29(23-27-32)34-13-9-19-40-42(34)47-38-17-7-5-15-36(38)45-40/h1-27,35,37H. The molecule has 2 unspecified atom stereocenters. The Morgan fingerprint density at radius 1 is 0.383 bits per heavy atom. The lowest BCUT2D eigenvalue weighted by Gasteiger charge is -2.31. The van der Waals surface area contributed by atoms with E-state index in [-0.39, 0.29) is 0 Å². The Labute approximate surface area is 293 Å². The first-order chi connectivity index (χ1) is 23.3. The smallest absolute Gasteiger partial charge is 0.0462 e. The van der Waals surface area contributed by atoms with E-state index in [9.17, 15) is 0 Å². The number of para-hydroxylation sites is 1. The molecule has 0 fully saturated rings. The third kappa shape index (κ3) is 5.55. The van der Waals surface area contributed by atoms with Gasteiger partial charge in [-0.25, -0.2) is 0 Å². The Bertz CT molecular complexity index is 2150. The van der Waals surface area contributed by atoms with Crippen molar-refractivity contribution in [3.63, 3.8) is 0 Å². The van der Waals surface area contributed by atoms with Crippen LogP contribution in [0.5, 0.6) is 0 Å². The number of anilines is 3. The highest BCUT2D eigenvalue weighted by Gasteiger charge is 2.29. The van der Waals surface area contributed by atoms with Crippen LogP contribution in [0.15, 0.2) is 193 Å². The molecule has 47 heavy (non-hydrogen) atoms. The molecule has 3 aliphatic rings. The number of nitrogens with zero attached hydrogens (tertiary/aromatic N) is 1. The van der Waals surface area contributed by atoms with Crippen LogP contribution in [0.3, 0.4) is 0 Å². The van der Waals surface area contributed by atoms with Crippen molar-refractivity contribution < 1.29 is 0 Å². The molecule has 0 bridgehead atoms. The lowest BCUT2D eigenvalue weighted by molar-refractivity contribution is 1.04. The second-order valence-corrected chi connectivity index (χ2v) is 16.2. The van der Waals surface area contributed by atoms with Crippen molar-refractivity contribution in [1.29, 1.82) is 0 Å². The normalized spacial score (nSPS) is 17.3. The van der Waals surface area contributed by atoms with Crippen molar-refractivity contribution in [3.05, 3.63) is 164 Å². The molecule has 0 spiro atoms. The fourth-order valence-corrected chi connectivity index (χ4v) is 11.6. The van der Waals surface area contributed by atoms with Crippen LogP contribution in [0, 0.1) is 0 Å². The molecule has 1 aliphatic carbocycles. The summed E-state index contributed by atoms with van der Waals surface area (Å²) in [6.07, 6.45) is 9.05. The van der Waals surface area contributed by atoms with Gasteiger partial charge in [-0.15, -0.1) is 23.5 Å². The summed E-state index contributed by atoms with van der Waals surface area (Å²) in [5, 5.41) is 0.978. The van der Waals surface area contributed by atoms with Crippen LogP contribution in [0.25, 0.3) is 22.3 Å². The molecule has 0 amide bonds. The second-order valence-electron chi connectivity index (χ2n) is 11.6. The lowest BCUT2D eigenvalue weighted by atomic mass is 10.0. The topological polar surface area (TPSA) is 3.24 Å². The van der Waals surface area contributed by atoms with Crippen molar-refractivity contribution in [2.75, 3.05) is 4.90 Å². The molecule has 0 saturated carbocycles. The van der Waals surface area contributed by atoms with Gasteiger partial charge in [0.05, 0.1) is 0 Å². The van der Waals surface area contributed by atoms with E-state index < -0.39 is 0 Å². The van der Waals surface area contributed by atoms with E-state index >= 15 is 0 Å². The molecule has 2 heterocycles. The molecule has 0 aromatic heterocycles. The molecule has 1 nitrogen and oxygen atoms in total. The maximum absolute atomic E-state index is 2.35. The summed E-state index contributed by atoms with van der Waals surface area (Å²) >= 11 is 7.74. The van der Waals surface area contributed by atoms with Crippen molar-refractivity contribution >= 4 is 64.1 Å². The Kier molecular flexibility index (Phi) is 7.79. The predicted octanol–water partition coefficient (Wildman–Crippen LogP) is 13.2. The molecule has 0 N–H and O–H groups in total. The minimum atomic E-state index is 0.476. The SMILES string of the molecule is C1=CC2Sc3cccc(-c4ccc(N(c5ccccc5)c5ccc(-c6cccc7c6Sc6ccccc6S7)cc5)cc4)c3SC2C=C1. The Hall–Kier alpha value is -4.00. The van der Waals surface area contributed by atoms with Gasteiger partial charge in [-0.05, 0) is 82.9 Å². The van der Waals surface area contributed by atoms with Gasteiger partial charge in [0, 0.05) is 56.9 Å². The van der Waals surface area contributed by atoms with Gasteiger partial charge in [0.15, 0.2) is 0 Å². The van der Waals surface area contributed by atoms with Crippen LogP contribution >= 0.6 is 47.0 Å². The van der Waals surface area contributed by atoms with E-state index in [1.165, 1.54) is 51.6 Å². The van der Waals surface area contributed by atoms with E-state index in [2.05, 4.69) is 169 Å². The largest absolute Gasteiger partial charge is 0.311 e. The number of hydrogen-bond acceptors (Lipinski definition) is 5. The minimum Gasteiger partial charge on any atom is -0.311 e. The van der Waals surface area contributed by atoms with Crippen molar-refractivity contribution in [2.24, 2.45) is 0 Å². The summed E-state index contributed by atoms with van der Waals surface area (Å²) in [6, 6.07) is 51.0.